The Bertz CT molecular complexity index is 761. The predicted molar refractivity (Wildman–Crippen MR) is 84.5 cm³/mol. The van der Waals surface area contributed by atoms with Crippen LogP contribution in [0.3, 0.4) is 0 Å². The quantitative estimate of drug-likeness (QED) is 0.771. The minimum Gasteiger partial charge on any atom is -0.459 e. The van der Waals surface area contributed by atoms with Gasteiger partial charge in [-0.05, 0) is 48.5 Å². The Morgan fingerprint density at radius 1 is 0.955 bits per heavy atom. The van der Waals surface area contributed by atoms with E-state index in [2.05, 4.69) is 5.32 Å². The number of carbonyl (C=O) groups is 1. The van der Waals surface area contributed by atoms with Gasteiger partial charge in [0.15, 0.2) is 0 Å². The average Bonchev–Trinajstić information content (AvgIpc) is 3.05. The fourth-order valence-electron chi connectivity index (χ4n) is 2.13. The first-order chi connectivity index (χ1) is 10.8. The van der Waals surface area contributed by atoms with Crippen LogP contribution in [0.2, 0.25) is 0 Å². The molecule has 0 saturated carbocycles. The molecule has 1 aromatic heterocycles. The molecular weight excluding hydrogens is 278 g/mol. The molecule has 0 spiro atoms. The van der Waals surface area contributed by atoms with Crippen LogP contribution in [0.25, 0.3) is 11.3 Å². The van der Waals surface area contributed by atoms with Gasteiger partial charge in [0.2, 0.25) is 0 Å². The van der Waals surface area contributed by atoms with Crippen LogP contribution in [0, 0.1) is 0 Å². The standard InChI is InChI=1S/C18H15NO3/c20-12-16-10-11-17(22-16)13-6-8-15(9-7-13)19-18(21)14-4-2-1-3-5-14/h1-11,20H,12H2,(H,19,21). The highest BCUT2D eigenvalue weighted by atomic mass is 16.4. The Balaban J connectivity index is 1.73. The van der Waals surface area contributed by atoms with Gasteiger partial charge in [-0.15, -0.1) is 0 Å². The second-order valence-corrected chi connectivity index (χ2v) is 4.82. The largest absolute Gasteiger partial charge is 0.459 e. The number of aliphatic hydroxyl groups is 1. The lowest BCUT2D eigenvalue weighted by molar-refractivity contribution is 0.102. The van der Waals surface area contributed by atoms with Crippen molar-refractivity contribution in [1.29, 1.82) is 0 Å². The number of benzene rings is 2. The Morgan fingerprint density at radius 3 is 2.32 bits per heavy atom. The molecule has 1 amide bonds. The molecule has 0 bridgehead atoms. The first kappa shape index (κ1) is 14.1. The van der Waals surface area contributed by atoms with Crippen molar-refractivity contribution in [3.8, 4) is 11.3 Å². The van der Waals surface area contributed by atoms with Gasteiger partial charge in [0, 0.05) is 16.8 Å². The third kappa shape index (κ3) is 3.07. The fourth-order valence-corrected chi connectivity index (χ4v) is 2.13. The second kappa shape index (κ2) is 6.28. The summed E-state index contributed by atoms with van der Waals surface area (Å²) >= 11 is 0. The predicted octanol–water partition coefficient (Wildman–Crippen LogP) is 3.69. The van der Waals surface area contributed by atoms with Gasteiger partial charge in [-0.3, -0.25) is 4.79 Å². The number of nitrogens with one attached hydrogen (secondary N) is 1. The van der Waals surface area contributed by atoms with Crippen LogP contribution in [-0.4, -0.2) is 11.0 Å². The minimum absolute atomic E-state index is 0.120. The summed E-state index contributed by atoms with van der Waals surface area (Å²) < 4.78 is 5.47. The molecule has 0 saturated heterocycles. The Hall–Kier alpha value is -2.85. The molecule has 110 valence electrons. The highest BCUT2D eigenvalue weighted by molar-refractivity contribution is 6.04. The van der Waals surface area contributed by atoms with Gasteiger partial charge in [0.25, 0.3) is 5.91 Å². The topological polar surface area (TPSA) is 62.5 Å². The van der Waals surface area contributed by atoms with Crippen molar-refractivity contribution < 1.29 is 14.3 Å². The molecule has 3 rings (SSSR count). The third-order valence-corrected chi connectivity index (χ3v) is 3.28. The van der Waals surface area contributed by atoms with E-state index in [1.165, 1.54) is 0 Å². The van der Waals surface area contributed by atoms with E-state index in [4.69, 9.17) is 9.52 Å². The number of carbonyl (C=O) groups excluding carboxylic acids is 1. The number of hydrogen-bond acceptors (Lipinski definition) is 3. The molecule has 0 aliphatic heterocycles. The lowest BCUT2D eigenvalue weighted by Gasteiger charge is -2.06. The minimum atomic E-state index is -0.145. The first-order valence-electron chi connectivity index (χ1n) is 6.92. The van der Waals surface area contributed by atoms with Gasteiger partial charge in [-0.1, -0.05) is 18.2 Å². The summed E-state index contributed by atoms with van der Waals surface area (Å²) in [5.74, 6) is 1.07. The van der Waals surface area contributed by atoms with E-state index in [0.29, 0.717) is 22.8 Å². The summed E-state index contributed by atoms with van der Waals surface area (Å²) in [6.07, 6.45) is 0. The summed E-state index contributed by atoms with van der Waals surface area (Å²) in [4.78, 5) is 12.1. The highest BCUT2D eigenvalue weighted by Crippen LogP contribution is 2.24. The second-order valence-electron chi connectivity index (χ2n) is 4.82. The van der Waals surface area contributed by atoms with E-state index in [1.807, 2.05) is 48.5 Å². The van der Waals surface area contributed by atoms with Gasteiger partial charge in [-0.25, -0.2) is 0 Å². The molecule has 2 N–H and O–H groups in total. The average molecular weight is 293 g/mol. The zero-order valence-electron chi connectivity index (χ0n) is 11.8. The third-order valence-electron chi connectivity index (χ3n) is 3.28. The number of aliphatic hydroxyl groups excluding tert-OH is 1. The lowest BCUT2D eigenvalue weighted by Crippen LogP contribution is -2.11. The van der Waals surface area contributed by atoms with E-state index >= 15 is 0 Å². The summed E-state index contributed by atoms with van der Waals surface area (Å²) in [6, 6.07) is 20.0. The zero-order chi connectivity index (χ0) is 15.4. The molecule has 0 aliphatic rings. The van der Waals surface area contributed by atoms with Crippen LogP contribution < -0.4 is 5.32 Å². The van der Waals surface area contributed by atoms with Gasteiger partial charge >= 0.3 is 0 Å². The lowest BCUT2D eigenvalue weighted by atomic mass is 10.1. The number of anilines is 1. The molecule has 3 aromatic rings. The molecule has 2 aromatic carbocycles. The molecule has 0 atom stereocenters. The van der Waals surface area contributed by atoms with Gasteiger partial charge in [0.1, 0.15) is 18.1 Å². The molecule has 4 heteroatoms. The Kier molecular flexibility index (Phi) is 4.03. The van der Waals surface area contributed by atoms with Crippen LogP contribution in [0.15, 0.2) is 71.1 Å². The van der Waals surface area contributed by atoms with E-state index in [1.54, 1.807) is 18.2 Å². The maximum absolute atomic E-state index is 12.1. The van der Waals surface area contributed by atoms with Crippen molar-refractivity contribution in [3.63, 3.8) is 0 Å². The summed E-state index contributed by atoms with van der Waals surface area (Å²) in [5, 5.41) is 11.9. The maximum atomic E-state index is 12.1. The summed E-state index contributed by atoms with van der Waals surface area (Å²) in [6.45, 7) is -0.120. The number of amides is 1. The van der Waals surface area contributed by atoms with E-state index in [-0.39, 0.29) is 12.5 Å². The fraction of sp³-hybridized carbons (Fsp3) is 0.0556. The van der Waals surface area contributed by atoms with Crippen molar-refractivity contribution >= 4 is 11.6 Å². The van der Waals surface area contributed by atoms with Crippen molar-refractivity contribution in [1.82, 2.24) is 0 Å². The molecule has 22 heavy (non-hydrogen) atoms. The number of rotatable bonds is 4. The van der Waals surface area contributed by atoms with Crippen LogP contribution >= 0.6 is 0 Å². The summed E-state index contributed by atoms with van der Waals surface area (Å²) in [7, 11) is 0. The van der Waals surface area contributed by atoms with Crippen LogP contribution in [-0.2, 0) is 6.61 Å². The van der Waals surface area contributed by atoms with Crippen LogP contribution in [0.4, 0.5) is 5.69 Å². The van der Waals surface area contributed by atoms with Crippen LogP contribution in [0.5, 0.6) is 0 Å². The van der Waals surface area contributed by atoms with Crippen LogP contribution in [0.1, 0.15) is 16.1 Å². The summed E-state index contributed by atoms with van der Waals surface area (Å²) in [5.41, 5.74) is 2.22. The molecular formula is C18H15NO3. The monoisotopic (exact) mass is 293 g/mol. The normalized spacial score (nSPS) is 10.4. The van der Waals surface area contributed by atoms with E-state index in [0.717, 1.165) is 5.56 Å². The zero-order valence-corrected chi connectivity index (χ0v) is 11.8. The Morgan fingerprint density at radius 2 is 1.68 bits per heavy atom. The van der Waals surface area contributed by atoms with Gasteiger partial charge < -0.3 is 14.8 Å². The van der Waals surface area contributed by atoms with E-state index in [9.17, 15) is 4.79 Å². The van der Waals surface area contributed by atoms with Gasteiger partial charge in [0.05, 0.1) is 0 Å². The molecule has 0 fully saturated rings. The van der Waals surface area contributed by atoms with Gasteiger partial charge in [-0.2, -0.15) is 0 Å². The molecule has 1 heterocycles. The number of furan rings is 1. The molecule has 4 nitrogen and oxygen atoms in total. The SMILES string of the molecule is O=C(Nc1ccc(-c2ccc(CO)o2)cc1)c1ccccc1. The highest BCUT2D eigenvalue weighted by Gasteiger charge is 2.07. The first-order valence-corrected chi connectivity index (χ1v) is 6.92. The van der Waals surface area contributed by atoms with E-state index < -0.39 is 0 Å². The maximum Gasteiger partial charge on any atom is 0.255 e. The smallest absolute Gasteiger partial charge is 0.255 e. The van der Waals surface area contributed by atoms with Crippen molar-refractivity contribution in [3.05, 3.63) is 78.1 Å². The van der Waals surface area contributed by atoms with Crippen molar-refractivity contribution in [2.45, 2.75) is 6.61 Å². The molecule has 0 unspecified atom stereocenters. The van der Waals surface area contributed by atoms with Crippen molar-refractivity contribution in [2.24, 2.45) is 0 Å². The van der Waals surface area contributed by atoms with Crippen molar-refractivity contribution in [2.75, 3.05) is 5.32 Å². The molecule has 0 aliphatic carbocycles. The Labute approximate surface area is 128 Å². The molecule has 0 radical (unpaired) electrons. The number of hydrogen-bond donors (Lipinski definition) is 2.